The van der Waals surface area contributed by atoms with Gasteiger partial charge < -0.3 is 5.11 Å². The van der Waals surface area contributed by atoms with E-state index in [0.717, 1.165) is 10.7 Å². The van der Waals surface area contributed by atoms with Gasteiger partial charge in [-0.2, -0.15) is 5.10 Å². The molecule has 1 aliphatic heterocycles. The summed E-state index contributed by atoms with van der Waals surface area (Å²) >= 11 is 1.51. The Hall–Kier alpha value is -2.21. The van der Waals surface area contributed by atoms with Crippen LogP contribution in [0.3, 0.4) is 0 Å². The minimum Gasteiger partial charge on any atom is -0.480 e. The predicted molar refractivity (Wildman–Crippen MR) is 105 cm³/mol. The summed E-state index contributed by atoms with van der Waals surface area (Å²) in [7, 11) is 1.79. The van der Waals surface area contributed by atoms with E-state index in [1.165, 1.54) is 11.3 Å². The normalized spacial score (nSPS) is 24.8. The molecule has 1 aromatic rings. The highest BCUT2D eigenvalue weighted by Gasteiger charge is 2.53. The molecule has 26 heavy (non-hydrogen) atoms. The second-order valence-electron chi connectivity index (χ2n) is 6.89. The minimum absolute atomic E-state index is 0.150. The first-order valence-electron chi connectivity index (χ1n) is 8.53. The third kappa shape index (κ3) is 4.12. The molecule has 0 aromatic carbocycles. The van der Waals surface area contributed by atoms with E-state index in [2.05, 4.69) is 34.4 Å². The number of hydrogen-bond acceptors (Lipinski definition) is 6. The molecule has 0 radical (unpaired) electrons. The van der Waals surface area contributed by atoms with Crippen molar-refractivity contribution in [3.8, 4) is 0 Å². The Kier molecular flexibility index (Phi) is 6.53. The highest BCUT2D eigenvalue weighted by atomic mass is 32.1. The molecule has 0 spiro atoms. The molecule has 0 bridgehead atoms. The highest BCUT2D eigenvalue weighted by Crippen LogP contribution is 2.45. The second kappa shape index (κ2) is 8.45. The summed E-state index contributed by atoms with van der Waals surface area (Å²) in [6.07, 6.45) is 6.04. The van der Waals surface area contributed by atoms with Crippen LogP contribution in [0.5, 0.6) is 0 Å². The van der Waals surface area contributed by atoms with Gasteiger partial charge in [-0.3, -0.25) is 15.1 Å². The Morgan fingerprint density at radius 1 is 1.69 bits per heavy atom. The van der Waals surface area contributed by atoms with Crippen LogP contribution in [0.2, 0.25) is 0 Å². The molecule has 7 heteroatoms. The van der Waals surface area contributed by atoms with Crippen molar-refractivity contribution >= 4 is 24.0 Å². The molecule has 1 aliphatic rings. The van der Waals surface area contributed by atoms with Crippen molar-refractivity contribution in [3.05, 3.63) is 46.7 Å². The molecule has 0 aliphatic carbocycles. The maximum Gasteiger partial charge on any atom is 0.323 e. The van der Waals surface area contributed by atoms with Crippen LogP contribution < -0.4 is 5.32 Å². The third-order valence-electron chi connectivity index (χ3n) is 4.55. The summed E-state index contributed by atoms with van der Waals surface area (Å²) in [6, 6.07) is -0.227. The molecule has 0 saturated carbocycles. The van der Waals surface area contributed by atoms with E-state index in [1.807, 2.05) is 19.2 Å². The van der Waals surface area contributed by atoms with Crippen molar-refractivity contribution in [1.29, 1.82) is 0 Å². The van der Waals surface area contributed by atoms with Gasteiger partial charge in [0, 0.05) is 31.3 Å². The van der Waals surface area contributed by atoms with Gasteiger partial charge in [-0.1, -0.05) is 32.2 Å². The van der Waals surface area contributed by atoms with Crippen LogP contribution in [-0.4, -0.2) is 40.4 Å². The first-order valence-corrected chi connectivity index (χ1v) is 9.41. The Bertz CT molecular complexity index is 722. The summed E-state index contributed by atoms with van der Waals surface area (Å²) in [4.78, 5) is 16.6. The number of nitrogens with zero attached hydrogens (tertiary/aromatic N) is 3. The molecule has 0 unspecified atom stereocenters. The zero-order chi connectivity index (χ0) is 19.3. The van der Waals surface area contributed by atoms with Crippen molar-refractivity contribution in [2.75, 3.05) is 7.05 Å². The zero-order valence-corrected chi connectivity index (χ0v) is 16.3. The monoisotopic (exact) mass is 374 g/mol. The molecule has 0 amide bonds. The Morgan fingerprint density at radius 2 is 2.42 bits per heavy atom. The molecule has 6 nitrogen and oxygen atoms in total. The van der Waals surface area contributed by atoms with Crippen LogP contribution in [0.4, 0.5) is 0 Å². The molecule has 140 valence electrons. The Balaban J connectivity index is 2.55. The number of aliphatic carboxylic acids is 1. The van der Waals surface area contributed by atoms with Crippen LogP contribution in [0.15, 0.2) is 46.8 Å². The molecule has 2 N–H and O–H groups in total. The van der Waals surface area contributed by atoms with E-state index < -0.39 is 11.5 Å². The van der Waals surface area contributed by atoms with E-state index in [-0.39, 0.29) is 17.9 Å². The maximum absolute atomic E-state index is 12.2. The number of carboxylic acid groups (broad SMARTS) is 1. The SMILES string of the molecule is C=CC=C=C([C@H]1C[C@@](CC(C)C)(C(=O)O)N[C@H]1c1nccs1)N(C)N=C. The van der Waals surface area contributed by atoms with E-state index >= 15 is 0 Å². The van der Waals surface area contributed by atoms with Gasteiger partial charge in [-0.25, -0.2) is 4.98 Å². The fourth-order valence-corrected chi connectivity index (χ4v) is 4.32. The highest BCUT2D eigenvalue weighted by molar-refractivity contribution is 7.09. The summed E-state index contributed by atoms with van der Waals surface area (Å²) < 4.78 is 0. The van der Waals surface area contributed by atoms with E-state index in [4.69, 9.17) is 0 Å². The number of hydrogen-bond donors (Lipinski definition) is 2. The van der Waals surface area contributed by atoms with Gasteiger partial charge in [0.25, 0.3) is 0 Å². The number of nitrogens with one attached hydrogen (secondary N) is 1. The number of allylic oxidation sites excluding steroid dienone is 1. The third-order valence-corrected chi connectivity index (χ3v) is 5.41. The standard InChI is InChI=1S/C19H26N4O2S/c1-6-7-8-15(23(5)20-4)14-12-19(18(24)25,11-13(2)3)22-16(14)17-21-9-10-26-17/h6-7,9-10,13-14,16,22H,1,4,11-12H2,2-3,5H3,(H,24,25)/t8?,14-,16-,19+/m1/s1. The van der Waals surface area contributed by atoms with Gasteiger partial charge in [0.2, 0.25) is 0 Å². The molecule has 1 fully saturated rings. The first-order chi connectivity index (χ1) is 12.3. The van der Waals surface area contributed by atoms with Crippen LogP contribution >= 0.6 is 11.3 Å². The fourth-order valence-electron chi connectivity index (χ4n) is 3.56. The summed E-state index contributed by atoms with van der Waals surface area (Å²) in [5.41, 5.74) is 2.94. The van der Waals surface area contributed by atoms with Crippen LogP contribution in [0, 0.1) is 11.8 Å². The lowest BCUT2D eigenvalue weighted by molar-refractivity contribution is -0.145. The molecule has 2 rings (SSSR count). The fraction of sp³-hybridized carbons (Fsp3) is 0.474. The lowest BCUT2D eigenvalue weighted by atomic mass is 9.83. The van der Waals surface area contributed by atoms with Crippen molar-refractivity contribution in [2.45, 2.75) is 38.3 Å². The smallest absolute Gasteiger partial charge is 0.323 e. The Morgan fingerprint density at radius 3 is 2.92 bits per heavy atom. The van der Waals surface area contributed by atoms with Gasteiger partial charge in [0.15, 0.2) is 0 Å². The van der Waals surface area contributed by atoms with Crippen molar-refractivity contribution in [2.24, 2.45) is 16.9 Å². The quantitative estimate of drug-likeness (QED) is 0.315. The average Bonchev–Trinajstić information content (AvgIpc) is 3.23. The molecular weight excluding hydrogens is 348 g/mol. The van der Waals surface area contributed by atoms with Crippen LogP contribution in [0.1, 0.15) is 37.7 Å². The average molecular weight is 375 g/mol. The van der Waals surface area contributed by atoms with Crippen molar-refractivity contribution < 1.29 is 9.90 Å². The van der Waals surface area contributed by atoms with Gasteiger partial charge in [-0.15, -0.1) is 11.3 Å². The minimum atomic E-state index is -1.02. The summed E-state index contributed by atoms with van der Waals surface area (Å²) in [6.45, 7) is 11.4. The van der Waals surface area contributed by atoms with Gasteiger partial charge in [0.05, 0.1) is 11.7 Å². The van der Waals surface area contributed by atoms with Crippen molar-refractivity contribution in [3.63, 3.8) is 0 Å². The lowest BCUT2D eigenvalue weighted by Gasteiger charge is -2.27. The van der Waals surface area contributed by atoms with E-state index in [1.54, 1.807) is 30.4 Å². The number of hydrazone groups is 1. The molecular formula is C19H26N4O2S. The molecule has 2 heterocycles. The number of rotatable bonds is 8. The zero-order valence-electron chi connectivity index (χ0n) is 15.5. The predicted octanol–water partition coefficient (Wildman–Crippen LogP) is 3.44. The summed E-state index contributed by atoms with van der Waals surface area (Å²) in [5, 5.41) is 21.8. The second-order valence-corrected chi connectivity index (χ2v) is 7.81. The van der Waals surface area contributed by atoms with Gasteiger partial charge in [-0.05, 0) is 24.8 Å². The molecule has 1 saturated heterocycles. The number of carboxylic acids is 1. The Labute approximate surface area is 158 Å². The number of aromatic nitrogens is 1. The molecule has 1 aromatic heterocycles. The van der Waals surface area contributed by atoms with Crippen LogP contribution in [-0.2, 0) is 4.79 Å². The largest absolute Gasteiger partial charge is 0.480 e. The number of carbonyl (C=O) groups is 1. The van der Waals surface area contributed by atoms with E-state index in [0.29, 0.717) is 12.8 Å². The van der Waals surface area contributed by atoms with Crippen molar-refractivity contribution in [1.82, 2.24) is 15.3 Å². The topological polar surface area (TPSA) is 77.8 Å². The lowest BCUT2D eigenvalue weighted by Crippen LogP contribution is -2.49. The van der Waals surface area contributed by atoms with Gasteiger partial charge >= 0.3 is 5.97 Å². The van der Waals surface area contributed by atoms with E-state index in [9.17, 15) is 9.90 Å². The molecule has 3 atom stereocenters. The maximum atomic E-state index is 12.2. The number of thiazole rings is 1. The van der Waals surface area contributed by atoms with Gasteiger partial charge in [0.1, 0.15) is 10.5 Å². The van der Waals surface area contributed by atoms with Crippen LogP contribution in [0.25, 0.3) is 0 Å². The first kappa shape index (κ1) is 20.1. The summed E-state index contributed by atoms with van der Waals surface area (Å²) in [5.74, 6) is -0.750.